The number of hydrogen-bond donors (Lipinski definition) is 0. The molecule has 0 saturated carbocycles. The van der Waals surface area contributed by atoms with Gasteiger partial charge in [0.2, 0.25) is 0 Å². The van der Waals surface area contributed by atoms with Crippen molar-refractivity contribution in [1.29, 1.82) is 0 Å². The molecule has 1 fully saturated rings. The Morgan fingerprint density at radius 3 is 2.94 bits per heavy atom. The molecular formula is C14H19NO3. The van der Waals surface area contributed by atoms with Crippen LogP contribution in [-0.2, 0) is 4.74 Å². The monoisotopic (exact) mass is 249 g/mol. The van der Waals surface area contributed by atoms with Gasteiger partial charge in [-0.2, -0.15) is 0 Å². The van der Waals surface area contributed by atoms with Crippen LogP contribution in [0.25, 0.3) is 0 Å². The Balaban J connectivity index is 1.76. The van der Waals surface area contributed by atoms with Crippen LogP contribution in [0.4, 0.5) is 0 Å². The average molecular weight is 249 g/mol. The molecule has 1 saturated heterocycles. The molecule has 4 nitrogen and oxygen atoms in total. The van der Waals surface area contributed by atoms with Gasteiger partial charge >= 0.3 is 0 Å². The van der Waals surface area contributed by atoms with E-state index in [1.807, 2.05) is 4.90 Å². The van der Waals surface area contributed by atoms with E-state index in [0.717, 1.165) is 32.5 Å². The largest absolute Gasteiger partial charge is 0.459 e. The zero-order chi connectivity index (χ0) is 12.8. The molecule has 0 unspecified atom stereocenters. The predicted molar refractivity (Wildman–Crippen MR) is 68.4 cm³/mol. The van der Waals surface area contributed by atoms with E-state index in [0.29, 0.717) is 18.3 Å². The molecular weight excluding hydrogens is 230 g/mol. The van der Waals surface area contributed by atoms with E-state index in [1.165, 1.54) is 6.26 Å². The normalized spacial score (nSPS) is 16.8. The highest BCUT2D eigenvalue weighted by atomic mass is 16.5. The SMILES string of the molecule is C=CCOCC1CCN(C(=O)c2ccco2)CC1. The van der Waals surface area contributed by atoms with Gasteiger partial charge in [-0.3, -0.25) is 4.79 Å². The Morgan fingerprint density at radius 1 is 1.56 bits per heavy atom. The Hall–Kier alpha value is -1.55. The Morgan fingerprint density at radius 2 is 2.33 bits per heavy atom. The topological polar surface area (TPSA) is 42.7 Å². The maximum atomic E-state index is 12.0. The third kappa shape index (κ3) is 3.23. The second-order valence-corrected chi connectivity index (χ2v) is 4.54. The molecule has 4 heteroatoms. The molecule has 0 aromatic carbocycles. The summed E-state index contributed by atoms with van der Waals surface area (Å²) in [5.41, 5.74) is 0. The van der Waals surface area contributed by atoms with Gasteiger partial charge in [-0.05, 0) is 30.9 Å². The first-order valence-corrected chi connectivity index (χ1v) is 6.32. The fraction of sp³-hybridized carbons (Fsp3) is 0.500. The second kappa shape index (κ2) is 6.40. The summed E-state index contributed by atoms with van der Waals surface area (Å²) >= 11 is 0. The molecule has 0 atom stereocenters. The molecule has 18 heavy (non-hydrogen) atoms. The molecule has 98 valence electrons. The third-order valence-corrected chi connectivity index (χ3v) is 3.22. The van der Waals surface area contributed by atoms with Crippen LogP contribution in [0.5, 0.6) is 0 Å². The second-order valence-electron chi connectivity index (χ2n) is 4.54. The summed E-state index contributed by atoms with van der Waals surface area (Å²) in [6.45, 7) is 6.54. The molecule has 1 aliphatic rings. The lowest BCUT2D eigenvalue weighted by Gasteiger charge is -2.31. The van der Waals surface area contributed by atoms with E-state index in [4.69, 9.17) is 9.15 Å². The van der Waals surface area contributed by atoms with Gasteiger partial charge in [-0.25, -0.2) is 0 Å². The van der Waals surface area contributed by atoms with E-state index in [1.54, 1.807) is 18.2 Å². The Bertz CT molecular complexity index is 378. The van der Waals surface area contributed by atoms with Crippen LogP contribution in [0, 0.1) is 5.92 Å². The molecule has 0 bridgehead atoms. The highest BCUT2D eigenvalue weighted by Gasteiger charge is 2.24. The van der Waals surface area contributed by atoms with Crippen LogP contribution in [-0.4, -0.2) is 37.1 Å². The highest BCUT2D eigenvalue weighted by Crippen LogP contribution is 2.19. The molecule has 1 amide bonds. The molecule has 0 aliphatic carbocycles. The fourth-order valence-corrected chi connectivity index (χ4v) is 2.18. The van der Waals surface area contributed by atoms with Gasteiger partial charge in [0.05, 0.1) is 12.9 Å². The number of rotatable bonds is 5. The molecule has 2 rings (SSSR count). The number of piperidine rings is 1. The molecule has 0 N–H and O–H groups in total. The van der Waals surface area contributed by atoms with Gasteiger partial charge in [0, 0.05) is 19.7 Å². The van der Waals surface area contributed by atoms with E-state index in [2.05, 4.69) is 6.58 Å². The van der Waals surface area contributed by atoms with E-state index in [-0.39, 0.29) is 5.91 Å². The summed E-state index contributed by atoms with van der Waals surface area (Å²) in [7, 11) is 0. The lowest BCUT2D eigenvalue weighted by molar-refractivity contribution is 0.0550. The number of amides is 1. The van der Waals surface area contributed by atoms with Gasteiger partial charge in [0.1, 0.15) is 0 Å². The van der Waals surface area contributed by atoms with Crippen molar-refractivity contribution in [2.75, 3.05) is 26.3 Å². The third-order valence-electron chi connectivity index (χ3n) is 3.22. The fourth-order valence-electron chi connectivity index (χ4n) is 2.18. The van der Waals surface area contributed by atoms with Crippen molar-refractivity contribution in [3.63, 3.8) is 0 Å². The summed E-state index contributed by atoms with van der Waals surface area (Å²) in [6, 6.07) is 3.45. The zero-order valence-corrected chi connectivity index (χ0v) is 10.5. The number of ether oxygens (including phenoxy) is 1. The first-order chi connectivity index (χ1) is 8.81. The van der Waals surface area contributed by atoms with Crippen molar-refractivity contribution in [2.45, 2.75) is 12.8 Å². The van der Waals surface area contributed by atoms with Gasteiger partial charge in [-0.15, -0.1) is 6.58 Å². The Kier molecular flexibility index (Phi) is 4.59. The number of carbonyl (C=O) groups excluding carboxylic acids is 1. The minimum absolute atomic E-state index is 0.00883. The molecule has 2 heterocycles. The minimum Gasteiger partial charge on any atom is -0.459 e. The summed E-state index contributed by atoms with van der Waals surface area (Å²) in [5, 5.41) is 0. The maximum absolute atomic E-state index is 12.0. The van der Waals surface area contributed by atoms with Crippen molar-refractivity contribution in [3.8, 4) is 0 Å². The number of hydrogen-bond acceptors (Lipinski definition) is 3. The minimum atomic E-state index is -0.00883. The maximum Gasteiger partial charge on any atom is 0.289 e. The number of likely N-dealkylation sites (tertiary alicyclic amines) is 1. The van der Waals surface area contributed by atoms with Crippen molar-refractivity contribution in [1.82, 2.24) is 4.90 Å². The quantitative estimate of drug-likeness (QED) is 0.594. The van der Waals surface area contributed by atoms with Crippen molar-refractivity contribution < 1.29 is 13.9 Å². The van der Waals surface area contributed by atoms with E-state index in [9.17, 15) is 4.79 Å². The molecule has 0 radical (unpaired) electrons. The van der Waals surface area contributed by atoms with Gasteiger partial charge in [-0.1, -0.05) is 6.08 Å². The van der Waals surface area contributed by atoms with Crippen molar-refractivity contribution >= 4 is 5.91 Å². The van der Waals surface area contributed by atoms with Crippen LogP contribution in [0.15, 0.2) is 35.5 Å². The highest BCUT2D eigenvalue weighted by molar-refractivity contribution is 5.91. The predicted octanol–water partition coefficient (Wildman–Crippen LogP) is 2.33. The first kappa shape index (κ1) is 12.9. The van der Waals surface area contributed by atoms with Crippen LogP contribution in [0.3, 0.4) is 0 Å². The molecule has 1 aromatic heterocycles. The van der Waals surface area contributed by atoms with Crippen molar-refractivity contribution in [2.24, 2.45) is 5.92 Å². The lowest BCUT2D eigenvalue weighted by atomic mass is 9.97. The summed E-state index contributed by atoms with van der Waals surface area (Å²) in [6.07, 6.45) is 5.27. The first-order valence-electron chi connectivity index (χ1n) is 6.32. The van der Waals surface area contributed by atoms with Gasteiger partial charge in [0.15, 0.2) is 5.76 Å². The molecule has 1 aromatic rings. The summed E-state index contributed by atoms with van der Waals surface area (Å²) in [4.78, 5) is 13.9. The van der Waals surface area contributed by atoms with Gasteiger partial charge < -0.3 is 14.1 Å². The van der Waals surface area contributed by atoms with Crippen LogP contribution >= 0.6 is 0 Å². The van der Waals surface area contributed by atoms with Crippen LogP contribution in [0.1, 0.15) is 23.4 Å². The summed E-state index contributed by atoms with van der Waals surface area (Å²) in [5.74, 6) is 0.965. The van der Waals surface area contributed by atoms with Gasteiger partial charge in [0.25, 0.3) is 5.91 Å². The number of nitrogens with zero attached hydrogens (tertiary/aromatic N) is 1. The number of carbonyl (C=O) groups is 1. The van der Waals surface area contributed by atoms with Crippen LogP contribution < -0.4 is 0 Å². The van der Waals surface area contributed by atoms with E-state index >= 15 is 0 Å². The number of furan rings is 1. The van der Waals surface area contributed by atoms with Crippen LogP contribution in [0.2, 0.25) is 0 Å². The Labute approximate surface area is 107 Å². The molecule has 0 spiro atoms. The smallest absolute Gasteiger partial charge is 0.289 e. The standard InChI is InChI=1S/C14H19NO3/c1-2-9-17-11-12-5-7-15(8-6-12)14(16)13-4-3-10-18-13/h2-4,10,12H,1,5-9,11H2. The lowest BCUT2D eigenvalue weighted by Crippen LogP contribution is -2.39. The summed E-state index contributed by atoms with van der Waals surface area (Å²) < 4.78 is 10.6. The average Bonchev–Trinajstić information content (AvgIpc) is 2.93. The zero-order valence-electron chi connectivity index (χ0n) is 10.5. The van der Waals surface area contributed by atoms with Crippen molar-refractivity contribution in [3.05, 3.63) is 36.8 Å². The molecule has 1 aliphatic heterocycles. The van der Waals surface area contributed by atoms with E-state index < -0.39 is 0 Å².